The van der Waals surface area contributed by atoms with E-state index in [1.165, 1.54) is 0 Å². The molecule has 0 unspecified atom stereocenters. The Bertz CT molecular complexity index is 2240. The highest BCUT2D eigenvalue weighted by Crippen LogP contribution is 2.47. The topological polar surface area (TPSA) is 13.1 Å². The monoisotopic (exact) mass is 472 g/mol. The molecule has 0 spiro atoms. The number of hydrogen-bond acceptors (Lipinski definition) is 1. The van der Waals surface area contributed by atoms with Crippen molar-refractivity contribution >= 4 is 54.3 Å². The number of benzene rings is 7. The molecular formula is C36H22O. The van der Waals surface area contributed by atoms with Gasteiger partial charge in [0.05, 0.1) is 2.74 Å². The molecular weight excluding hydrogens is 448 g/mol. The van der Waals surface area contributed by atoms with Crippen molar-refractivity contribution < 1.29 is 7.16 Å². The van der Waals surface area contributed by atoms with Crippen LogP contribution in [0.3, 0.4) is 0 Å². The van der Waals surface area contributed by atoms with Gasteiger partial charge in [0.15, 0.2) is 0 Å². The first-order valence-electron chi connectivity index (χ1n) is 13.5. The molecule has 0 saturated heterocycles. The van der Waals surface area contributed by atoms with Gasteiger partial charge in [-0.05, 0) is 72.8 Å². The summed E-state index contributed by atoms with van der Waals surface area (Å²) in [6, 6.07) is 41.8. The van der Waals surface area contributed by atoms with Crippen molar-refractivity contribution in [1.29, 1.82) is 0 Å². The zero-order valence-electron chi connectivity index (χ0n) is 22.0. The minimum atomic E-state index is 0.465. The summed E-state index contributed by atoms with van der Waals surface area (Å²) in [5.41, 5.74) is 5.69. The highest BCUT2D eigenvalue weighted by molar-refractivity contribution is 6.26. The molecule has 0 atom stereocenters. The lowest BCUT2D eigenvalue weighted by Gasteiger charge is -2.18. The summed E-state index contributed by atoms with van der Waals surface area (Å²) in [5.74, 6) is 0. The number of hydrogen-bond donors (Lipinski definition) is 0. The van der Waals surface area contributed by atoms with Gasteiger partial charge in [-0.1, -0.05) is 115 Å². The van der Waals surface area contributed by atoms with Gasteiger partial charge in [-0.2, -0.15) is 0 Å². The van der Waals surface area contributed by atoms with E-state index in [0.717, 1.165) is 76.5 Å². The molecule has 0 radical (unpaired) electrons. The Morgan fingerprint density at radius 3 is 1.89 bits per heavy atom. The van der Waals surface area contributed by atoms with Crippen LogP contribution in [0.25, 0.3) is 76.5 Å². The lowest BCUT2D eigenvalue weighted by Crippen LogP contribution is -1.91. The molecule has 1 heteroatoms. The van der Waals surface area contributed by atoms with E-state index in [2.05, 4.69) is 60.7 Å². The van der Waals surface area contributed by atoms with Gasteiger partial charge in [0.2, 0.25) is 0 Å². The van der Waals surface area contributed by atoms with Crippen molar-refractivity contribution in [2.24, 2.45) is 0 Å². The minimum Gasteiger partial charge on any atom is -0.456 e. The maximum atomic E-state index is 9.11. The molecule has 0 aliphatic rings. The molecule has 8 aromatic rings. The van der Waals surface area contributed by atoms with Crippen LogP contribution in [0.1, 0.15) is 2.74 Å². The SMILES string of the molecule is [2H]c1cccc2c(-c3cccc4oc5cc6ccccc6cc5c34)c3c([2H])cccc3c(-c3ccccc3)c12. The first kappa shape index (κ1) is 18.4. The van der Waals surface area contributed by atoms with Crippen LogP contribution in [0.15, 0.2) is 138 Å². The highest BCUT2D eigenvalue weighted by atomic mass is 16.3. The van der Waals surface area contributed by atoms with E-state index >= 15 is 0 Å². The zero-order chi connectivity index (χ0) is 26.1. The van der Waals surface area contributed by atoms with Crippen LogP contribution < -0.4 is 0 Å². The van der Waals surface area contributed by atoms with E-state index in [4.69, 9.17) is 7.16 Å². The van der Waals surface area contributed by atoms with Crippen molar-refractivity contribution in [2.45, 2.75) is 0 Å². The van der Waals surface area contributed by atoms with E-state index in [9.17, 15) is 0 Å². The van der Waals surface area contributed by atoms with Gasteiger partial charge in [-0.15, -0.1) is 0 Å². The quantitative estimate of drug-likeness (QED) is 0.228. The fourth-order valence-electron chi connectivity index (χ4n) is 5.88. The van der Waals surface area contributed by atoms with Gasteiger partial charge >= 0.3 is 0 Å². The normalized spacial score (nSPS) is 12.5. The lowest BCUT2D eigenvalue weighted by atomic mass is 9.85. The molecule has 0 bridgehead atoms. The van der Waals surface area contributed by atoms with Crippen LogP contribution in [0, 0.1) is 0 Å². The molecule has 0 amide bonds. The van der Waals surface area contributed by atoms with Gasteiger partial charge < -0.3 is 4.42 Å². The largest absolute Gasteiger partial charge is 0.456 e. The fourth-order valence-corrected chi connectivity index (χ4v) is 5.88. The summed E-state index contributed by atoms with van der Waals surface area (Å²) in [6.07, 6.45) is 0. The van der Waals surface area contributed by atoms with Crippen LogP contribution in [-0.4, -0.2) is 0 Å². The molecule has 8 rings (SSSR count). The Balaban J connectivity index is 1.61. The van der Waals surface area contributed by atoms with Crippen LogP contribution in [-0.2, 0) is 0 Å². The summed E-state index contributed by atoms with van der Waals surface area (Å²) in [6.45, 7) is 0. The Kier molecular flexibility index (Phi) is 3.88. The summed E-state index contributed by atoms with van der Waals surface area (Å²) in [7, 11) is 0. The van der Waals surface area contributed by atoms with Crippen LogP contribution >= 0.6 is 0 Å². The Morgan fingerprint density at radius 2 is 1.11 bits per heavy atom. The third-order valence-electron chi connectivity index (χ3n) is 7.45. The molecule has 7 aromatic carbocycles. The van der Waals surface area contributed by atoms with Gasteiger partial charge in [0.1, 0.15) is 11.2 Å². The molecule has 0 saturated carbocycles. The Labute approximate surface area is 217 Å². The smallest absolute Gasteiger partial charge is 0.136 e. The summed E-state index contributed by atoms with van der Waals surface area (Å²) >= 11 is 0. The van der Waals surface area contributed by atoms with Crippen molar-refractivity contribution in [1.82, 2.24) is 0 Å². The molecule has 0 aliphatic heterocycles. The number of fused-ring (bicyclic) bond motifs is 6. The summed E-state index contributed by atoms with van der Waals surface area (Å²) in [5, 5.41) is 8.11. The van der Waals surface area contributed by atoms with E-state index < -0.39 is 0 Å². The van der Waals surface area contributed by atoms with E-state index in [1.807, 2.05) is 60.7 Å². The summed E-state index contributed by atoms with van der Waals surface area (Å²) in [4.78, 5) is 0. The predicted molar refractivity (Wildman–Crippen MR) is 157 cm³/mol. The third kappa shape index (κ3) is 2.98. The van der Waals surface area contributed by atoms with Crippen LogP contribution in [0.2, 0.25) is 0 Å². The van der Waals surface area contributed by atoms with E-state index in [-0.39, 0.29) is 0 Å². The van der Waals surface area contributed by atoms with Gasteiger partial charge in [-0.25, -0.2) is 0 Å². The van der Waals surface area contributed by atoms with Crippen molar-refractivity contribution in [3.63, 3.8) is 0 Å². The standard InChI is InChI=1S/C36H22O/c1-2-11-23(12-3-1)34-26-15-6-8-17-28(26)35(29-18-9-7-16-27(29)34)30-19-10-20-32-36(30)31-21-24-13-4-5-14-25(24)22-33(31)37-32/h1-22H/i15D,18D. The van der Waals surface area contributed by atoms with Gasteiger partial charge in [0.25, 0.3) is 0 Å². The molecule has 1 nitrogen and oxygen atoms in total. The molecule has 1 heterocycles. The molecule has 0 N–H and O–H groups in total. The number of furan rings is 1. The van der Waals surface area contributed by atoms with Crippen LogP contribution in [0.5, 0.6) is 0 Å². The van der Waals surface area contributed by atoms with Crippen molar-refractivity contribution in [2.75, 3.05) is 0 Å². The maximum absolute atomic E-state index is 9.11. The third-order valence-corrected chi connectivity index (χ3v) is 7.45. The average molecular weight is 473 g/mol. The van der Waals surface area contributed by atoms with Crippen molar-refractivity contribution in [3.05, 3.63) is 133 Å². The molecule has 0 fully saturated rings. The van der Waals surface area contributed by atoms with E-state index in [0.29, 0.717) is 12.1 Å². The number of rotatable bonds is 2. The zero-order valence-corrected chi connectivity index (χ0v) is 20.0. The first-order valence-corrected chi connectivity index (χ1v) is 12.5. The second kappa shape index (κ2) is 7.81. The lowest BCUT2D eigenvalue weighted by molar-refractivity contribution is 0.669. The second-order valence-corrected chi connectivity index (χ2v) is 9.51. The van der Waals surface area contributed by atoms with Crippen LogP contribution in [0.4, 0.5) is 0 Å². The first-order chi connectivity index (χ1) is 19.2. The molecule has 1 aromatic heterocycles. The average Bonchev–Trinajstić information content (AvgIpc) is 3.33. The highest BCUT2D eigenvalue weighted by Gasteiger charge is 2.20. The Morgan fingerprint density at radius 1 is 0.459 bits per heavy atom. The maximum Gasteiger partial charge on any atom is 0.136 e. The second-order valence-electron chi connectivity index (χ2n) is 9.51. The minimum absolute atomic E-state index is 0.465. The van der Waals surface area contributed by atoms with Gasteiger partial charge in [-0.3, -0.25) is 0 Å². The van der Waals surface area contributed by atoms with E-state index in [1.54, 1.807) is 0 Å². The van der Waals surface area contributed by atoms with Gasteiger partial charge in [0, 0.05) is 10.8 Å². The molecule has 172 valence electrons. The Hall–Kier alpha value is -4.88. The molecule has 37 heavy (non-hydrogen) atoms. The predicted octanol–water partition coefficient (Wildman–Crippen LogP) is 10.4. The molecule has 0 aliphatic carbocycles. The fraction of sp³-hybridized carbons (Fsp3) is 0. The summed E-state index contributed by atoms with van der Waals surface area (Å²) < 4.78 is 24.6. The van der Waals surface area contributed by atoms with Crippen molar-refractivity contribution in [3.8, 4) is 22.3 Å².